The maximum Gasteiger partial charge on any atom is 0.249 e. The van der Waals surface area contributed by atoms with E-state index in [0.717, 1.165) is 25.7 Å². The predicted molar refractivity (Wildman–Crippen MR) is 72.5 cm³/mol. The van der Waals surface area contributed by atoms with Gasteiger partial charge in [-0.2, -0.15) is 0 Å². The Hall–Kier alpha value is -1.06. The molecular weight excluding hydrogens is 240 g/mol. The number of hydrogen-bond donors (Lipinski definition) is 1. The molecule has 1 spiro atoms. The fourth-order valence-corrected chi connectivity index (χ4v) is 3.86. The van der Waals surface area contributed by atoms with Crippen LogP contribution in [0.4, 0.5) is 0 Å². The van der Waals surface area contributed by atoms with E-state index < -0.39 is 5.54 Å². The van der Waals surface area contributed by atoms with Crippen molar-refractivity contribution in [2.24, 2.45) is 5.92 Å². The molecule has 2 unspecified atom stereocenters. The largest absolute Gasteiger partial charge is 0.340 e. The van der Waals surface area contributed by atoms with Crippen LogP contribution in [0.3, 0.4) is 0 Å². The highest BCUT2D eigenvalue weighted by atomic mass is 16.2. The minimum absolute atomic E-state index is 0.0662. The second-order valence-corrected chi connectivity index (χ2v) is 6.49. The molecule has 1 saturated heterocycles. The van der Waals surface area contributed by atoms with E-state index >= 15 is 0 Å². The van der Waals surface area contributed by atoms with Crippen molar-refractivity contribution >= 4 is 11.8 Å². The third kappa shape index (κ3) is 1.96. The van der Waals surface area contributed by atoms with Crippen LogP contribution in [-0.2, 0) is 9.59 Å². The van der Waals surface area contributed by atoms with Crippen LogP contribution in [0.15, 0.2) is 0 Å². The Morgan fingerprint density at radius 1 is 1.32 bits per heavy atom. The first-order valence-corrected chi connectivity index (χ1v) is 7.74. The molecule has 1 N–H and O–H groups in total. The van der Waals surface area contributed by atoms with Gasteiger partial charge in [0, 0.05) is 6.04 Å². The Labute approximate surface area is 114 Å². The summed E-state index contributed by atoms with van der Waals surface area (Å²) in [6.07, 6.45) is 6.86. The number of carbonyl (C=O) groups excluding carboxylic acids is 2. The van der Waals surface area contributed by atoms with E-state index in [4.69, 9.17) is 0 Å². The zero-order chi connectivity index (χ0) is 13.6. The van der Waals surface area contributed by atoms with Crippen LogP contribution in [0.2, 0.25) is 0 Å². The van der Waals surface area contributed by atoms with Crippen LogP contribution in [-0.4, -0.2) is 34.3 Å². The molecule has 3 rings (SSSR count). The second kappa shape index (κ2) is 4.50. The number of carbonyl (C=O) groups is 2. The van der Waals surface area contributed by atoms with Crippen LogP contribution in [0.25, 0.3) is 0 Å². The number of nitrogens with one attached hydrogen (secondary N) is 1. The molecule has 2 aliphatic carbocycles. The lowest BCUT2D eigenvalue weighted by molar-refractivity contribution is -0.158. The molecule has 4 nitrogen and oxygen atoms in total. The van der Waals surface area contributed by atoms with E-state index in [0.29, 0.717) is 12.3 Å². The first-order valence-electron chi connectivity index (χ1n) is 7.74. The summed E-state index contributed by atoms with van der Waals surface area (Å²) in [6, 6.07) is -0.0321. The van der Waals surface area contributed by atoms with Gasteiger partial charge >= 0.3 is 0 Å². The molecule has 0 aromatic heterocycles. The molecule has 1 heterocycles. The fraction of sp³-hybridized carbons (Fsp3) is 0.867. The molecule has 2 amide bonds. The smallest absolute Gasteiger partial charge is 0.249 e. The van der Waals surface area contributed by atoms with E-state index in [1.54, 1.807) is 0 Å². The number of rotatable bonds is 3. The van der Waals surface area contributed by atoms with Gasteiger partial charge in [0.05, 0.1) is 0 Å². The standard InChI is InChI=1S/C15H24N2O2/c1-3-12-13(18)16-15(8-4-5-9-15)14(19)17(12)10(2)11-6-7-11/h10-12H,3-9H2,1-2H3,(H,16,18). The molecule has 3 aliphatic rings. The monoisotopic (exact) mass is 264 g/mol. The maximum absolute atomic E-state index is 12.9. The van der Waals surface area contributed by atoms with Gasteiger partial charge in [0.2, 0.25) is 11.8 Å². The topological polar surface area (TPSA) is 49.4 Å². The molecule has 3 fully saturated rings. The average Bonchev–Trinajstić information content (AvgIpc) is 3.14. The minimum Gasteiger partial charge on any atom is -0.340 e. The Balaban J connectivity index is 1.91. The van der Waals surface area contributed by atoms with E-state index in [-0.39, 0.29) is 23.9 Å². The third-order valence-electron chi connectivity index (χ3n) is 5.23. The van der Waals surface area contributed by atoms with Crippen LogP contribution in [0.5, 0.6) is 0 Å². The second-order valence-electron chi connectivity index (χ2n) is 6.49. The molecule has 0 radical (unpaired) electrons. The van der Waals surface area contributed by atoms with Crippen LogP contribution in [0.1, 0.15) is 58.8 Å². The zero-order valence-electron chi connectivity index (χ0n) is 11.9. The number of amides is 2. The van der Waals surface area contributed by atoms with Crippen molar-refractivity contribution in [1.82, 2.24) is 10.2 Å². The molecule has 4 heteroatoms. The Morgan fingerprint density at radius 3 is 2.47 bits per heavy atom. The van der Waals surface area contributed by atoms with Gasteiger partial charge in [0.15, 0.2) is 0 Å². The summed E-state index contributed by atoms with van der Waals surface area (Å²) in [5.41, 5.74) is -0.564. The van der Waals surface area contributed by atoms with Crippen molar-refractivity contribution in [1.29, 1.82) is 0 Å². The molecule has 2 saturated carbocycles. The van der Waals surface area contributed by atoms with Crippen LogP contribution >= 0.6 is 0 Å². The van der Waals surface area contributed by atoms with Crippen molar-refractivity contribution in [3.05, 3.63) is 0 Å². The Kier molecular flexibility index (Phi) is 3.06. The predicted octanol–water partition coefficient (Wildman–Crippen LogP) is 1.83. The average molecular weight is 264 g/mol. The Bertz CT molecular complexity index is 397. The van der Waals surface area contributed by atoms with Crippen molar-refractivity contribution in [2.45, 2.75) is 76.4 Å². The van der Waals surface area contributed by atoms with Crippen LogP contribution < -0.4 is 5.32 Å². The van der Waals surface area contributed by atoms with Crippen molar-refractivity contribution in [2.75, 3.05) is 0 Å². The first kappa shape index (κ1) is 12.9. The van der Waals surface area contributed by atoms with E-state index in [9.17, 15) is 9.59 Å². The lowest BCUT2D eigenvalue weighted by Crippen LogP contribution is -2.71. The molecule has 1 aliphatic heterocycles. The zero-order valence-corrected chi connectivity index (χ0v) is 11.9. The van der Waals surface area contributed by atoms with Gasteiger partial charge in [-0.1, -0.05) is 19.8 Å². The summed E-state index contributed by atoms with van der Waals surface area (Å²) in [5.74, 6) is 0.870. The first-order chi connectivity index (χ1) is 9.09. The summed E-state index contributed by atoms with van der Waals surface area (Å²) >= 11 is 0. The summed E-state index contributed by atoms with van der Waals surface area (Å²) < 4.78 is 0. The van der Waals surface area contributed by atoms with Gasteiger partial charge in [-0.05, 0) is 44.9 Å². The quantitative estimate of drug-likeness (QED) is 0.845. The minimum atomic E-state index is -0.564. The maximum atomic E-state index is 12.9. The molecule has 2 atom stereocenters. The Morgan fingerprint density at radius 2 is 1.95 bits per heavy atom. The van der Waals surface area contributed by atoms with Crippen LogP contribution in [0, 0.1) is 5.92 Å². The van der Waals surface area contributed by atoms with Gasteiger partial charge < -0.3 is 10.2 Å². The van der Waals surface area contributed by atoms with Gasteiger partial charge in [0.25, 0.3) is 0 Å². The molecule has 0 bridgehead atoms. The summed E-state index contributed by atoms with van der Waals surface area (Å²) in [4.78, 5) is 27.3. The molecular formula is C15H24N2O2. The molecule has 0 aromatic carbocycles. The summed E-state index contributed by atoms with van der Waals surface area (Å²) in [7, 11) is 0. The normalized spacial score (nSPS) is 31.7. The lowest BCUT2D eigenvalue weighted by atomic mass is 9.88. The van der Waals surface area contributed by atoms with Gasteiger partial charge in [-0.3, -0.25) is 9.59 Å². The highest BCUT2D eigenvalue weighted by Gasteiger charge is 2.54. The number of nitrogens with zero attached hydrogens (tertiary/aromatic N) is 1. The van der Waals surface area contributed by atoms with Gasteiger partial charge in [0.1, 0.15) is 11.6 Å². The number of hydrogen-bond acceptors (Lipinski definition) is 2. The molecule has 19 heavy (non-hydrogen) atoms. The molecule has 106 valence electrons. The van der Waals surface area contributed by atoms with Crippen molar-refractivity contribution in [3.63, 3.8) is 0 Å². The SMILES string of the molecule is CCC1C(=O)NC2(CCCC2)C(=O)N1C(C)C1CC1. The van der Waals surface area contributed by atoms with E-state index in [1.165, 1.54) is 12.8 Å². The molecule has 0 aromatic rings. The van der Waals surface area contributed by atoms with E-state index in [2.05, 4.69) is 12.2 Å². The fourth-order valence-electron chi connectivity index (χ4n) is 3.86. The highest BCUT2D eigenvalue weighted by Crippen LogP contribution is 2.41. The van der Waals surface area contributed by atoms with Gasteiger partial charge in [-0.15, -0.1) is 0 Å². The lowest BCUT2D eigenvalue weighted by Gasteiger charge is -2.47. The van der Waals surface area contributed by atoms with Gasteiger partial charge in [-0.25, -0.2) is 0 Å². The van der Waals surface area contributed by atoms with Crippen molar-refractivity contribution in [3.8, 4) is 0 Å². The van der Waals surface area contributed by atoms with Crippen molar-refractivity contribution < 1.29 is 9.59 Å². The summed E-state index contributed by atoms with van der Waals surface area (Å²) in [5, 5.41) is 3.06. The third-order valence-corrected chi connectivity index (χ3v) is 5.23. The summed E-state index contributed by atoms with van der Waals surface area (Å²) in [6.45, 7) is 4.12. The highest BCUT2D eigenvalue weighted by molar-refractivity contribution is 6.00. The van der Waals surface area contributed by atoms with E-state index in [1.807, 2.05) is 11.8 Å². The number of piperazine rings is 1.